The molecule has 76 valence electrons. The smallest absolute Gasteiger partial charge is 0.233 e. The summed E-state index contributed by atoms with van der Waals surface area (Å²) in [7, 11) is 0. The first-order valence-electron chi connectivity index (χ1n) is 5.65. The summed E-state index contributed by atoms with van der Waals surface area (Å²) < 4.78 is 2.09. The quantitative estimate of drug-likeness (QED) is 0.693. The molecule has 1 N–H and O–H groups in total. The van der Waals surface area contributed by atoms with Gasteiger partial charge in [0.15, 0.2) is 0 Å². The van der Waals surface area contributed by atoms with Crippen LogP contribution in [0.15, 0.2) is 0 Å². The van der Waals surface area contributed by atoms with Gasteiger partial charge in [0.1, 0.15) is 0 Å². The van der Waals surface area contributed by atoms with Crippen LogP contribution >= 0.6 is 0 Å². The summed E-state index contributed by atoms with van der Waals surface area (Å²) >= 11 is 0. The molecule has 1 fully saturated rings. The van der Waals surface area contributed by atoms with Gasteiger partial charge in [-0.15, -0.1) is 5.10 Å². The molecule has 2 aliphatic carbocycles. The summed E-state index contributed by atoms with van der Waals surface area (Å²) in [6, 6.07) is 0.600. The molecule has 0 radical (unpaired) electrons. The lowest BCUT2D eigenvalue weighted by molar-refractivity contribution is 0.431. The van der Waals surface area contributed by atoms with E-state index in [2.05, 4.69) is 9.78 Å². The van der Waals surface area contributed by atoms with Gasteiger partial charge in [0, 0.05) is 11.3 Å². The van der Waals surface area contributed by atoms with Gasteiger partial charge in [-0.3, -0.25) is 4.68 Å². The second-order valence-electron chi connectivity index (χ2n) is 4.49. The molecule has 1 aromatic heterocycles. The van der Waals surface area contributed by atoms with Gasteiger partial charge in [0.2, 0.25) is 5.88 Å². The van der Waals surface area contributed by atoms with Gasteiger partial charge in [-0.25, -0.2) is 0 Å². The Balaban J connectivity index is 2.04. The van der Waals surface area contributed by atoms with Crippen LogP contribution in [-0.2, 0) is 12.8 Å². The van der Waals surface area contributed by atoms with Gasteiger partial charge in [-0.2, -0.15) is 0 Å². The normalized spacial score (nSPS) is 21.7. The molecule has 3 nitrogen and oxygen atoms in total. The molecule has 0 spiro atoms. The van der Waals surface area contributed by atoms with Crippen molar-refractivity contribution in [2.24, 2.45) is 0 Å². The van der Waals surface area contributed by atoms with E-state index < -0.39 is 0 Å². The Kier molecular flexibility index (Phi) is 1.79. The van der Waals surface area contributed by atoms with Crippen LogP contribution in [-0.4, -0.2) is 14.9 Å². The largest absolute Gasteiger partial charge is 0.492 e. The van der Waals surface area contributed by atoms with E-state index in [0.29, 0.717) is 11.9 Å². The fraction of sp³-hybridized carbons (Fsp3) is 0.727. The molecule has 0 bridgehead atoms. The van der Waals surface area contributed by atoms with Gasteiger partial charge in [-0.05, 0) is 38.5 Å². The molecule has 3 heteroatoms. The molecule has 0 aromatic carbocycles. The van der Waals surface area contributed by atoms with E-state index in [0.717, 1.165) is 18.4 Å². The van der Waals surface area contributed by atoms with Crippen LogP contribution in [0.4, 0.5) is 0 Å². The van der Waals surface area contributed by atoms with Crippen LogP contribution in [0, 0.1) is 0 Å². The summed E-state index contributed by atoms with van der Waals surface area (Å²) in [5.41, 5.74) is 2.46. The number of aromatic hydroxyl groups is 1. The van der Waals surface area contributed by atoms with Crippen molar-refractivity contribution in [1.29, 1.82) is 0 Å². The highest BCUT2D eigenvalue weighted by Crippen LogP contribution is 2.39. The Hall–Kier alpha value is -0.990. The number of aromatic nitrogens is 2. The Bertz CT molecular complexity index is 352. The van der Waals surface area contributed by atoms with Crippen molar-refractivity contribution in [3.8, 4) is 5.88 Å². The van der Waals surface area contributed by atoms with Crippen molar-refractivity contribution in [1.82, 2.24) is 9.78 Å². The van der Waals surface area contributed by atoms with Gasteiger partial charge < -0.3 is 5.11 Å². The highest BCUT2D eigenvalue weighted by Gasteiger charge is 2.30. The number of hydrogen-bond acceptors (Lipinski definition) is 2. The zero-order valence-electron chi connectivity index (χ0n) is 8.37. The van der Waals surface area contributed by atoms with Crippen LogP contribution in [0.3, 0.4) is 0 Å². The van der Waals surface area contributed by atoms with E-state index in [-0.39, 0.29) is 0 Å². The lowest BCUT2D eigenvalue weighted by Crippen LogP contribution is -2.02. The van der Waals surface area contributed by atoms with Crippen molar-refractivity contribution in [3.05, 3.63) is 11.3 Å². The highest BCUT2D eigenvalue weighted by atomic mass is 16.3. The molecular formula is C11H16N2O. The number of nitrogens with zero attached hydrogens (tertiary/aromatic N) is 2. The first kappa shape index (κ1) is 8.33. The molecule has 2 aliphatic rings. The molecular weight excluding hydrogens is 176 g/mol. The zero-order valence-corrected chi connectivity index (χ0v) is 8.37. The molecule has 0 amide bonds. The fourth-order valence-corrected chi connectivity index (χ4v) is 2.40. The molecule has 14 heavy (non-hydrogen) atoms. The molecule has 3 rings (SSSR count). The van der Waals surface area contributed by atoms with E-state index in [1.165, 1.54) is 37.8 Å². The third-order valence-electron chi connectivity index (χ3n) is 3.33. The lowest BCUT2D eigenvalue weighted by Gasteiger charge is -2.04. The molecule has 0 aliphatic heterocycles. The van der Waals surface area contributed by atoms with Crippen LogP contribution in [0.1, 0.15) is 49.4 Å². The van der Waals surface area contributed by atoms with Gasteiger partial charge in [0.25, 0.3) is 0 Å². The van der Waals surface area contributed by atoms with Gasteiger partial charge in [-0.1, -0.05) is 6.42 Å². The second kappa shape index (κ2) is 3.01. The summed E-state index contributed by atoms with van der Waals surface area (Å²) in [4.78, 5) is 0. The first-order chi connectivity index (χ1) is 6.86. The molecule has 0 saturated heterocycles. The lowest BCUT2D eigenvalue weighted by atomic mass is 10.1. The maximum Gasteiger partial charge on any atom is 0.233 e. The van der Waals surface area contributed by atoms with Crippen molar-refractivity contribution in [2.75, 3.05) is 0 Å². The third-order valence-corrected chi connectivity index (χ3v) is 3.33. The number of fused-ring (bicyclic) bond motifs is 1. The van der Waals surface area contributed by atoms with E-state index >= 15 is 0 Å². The van der Waals surface area contributed by atoms with Crippen LogP contribution in [0.5, 0.6) is 5.88 Å². The predicted octanol–water partition coefficient (Wildman–Crippen LogP) is 2.19. The maximum absolute atomic E-state index is 9.75. The SMILES string of the molecule is Oc1nn(C2CC2)c2c1CCCCC2. The first-order valence-corrected chi connectivity index (χ1v) is 5.65. The van der Waals surface area contributed by atoms with Gasteiger partial charge in [0.05, 0.1) is 6.04 Å². The topological polar surface area (TPSA) is 38.1 Å². The summed E-state index contributed by atoms with van der Waals surface area (Å²) in [5.74, 6) is 0.300. The van der Waals surface area contributed by atoms with E-state index in [9.17, 15) is 5.11 Å². The minimum atomic E-state index is 0.300. The Morgan fingerprint density at radius 3 is 2.71 bits per heavy atom. The Labute approximate surface area is 83.7 Å². The fourth-order valence-electron chi connectivity index (χ4n) is 2.40. The average molecular weight is 192 g/mol. The van der Waals surface area contributed by atoms with Crippen molar-refractivity contribution in [2.45, 2.75) is 51.0 Å². The minimum absolute atomic E-state index is 0.300. The Morgan fingerprint density at radius 1 is 1.14 bits per heavy atom. The van der Waals surface area contributed by atoms with E-state index in [1.807, 2.05) is 0 Å². The number of hydrogen-bond donors (Lipinski definition) is 1. The molecule has 1 saturated carbocycles. The average Bonchev–Trinajstić information content (AvgIpc) is 2.99. The zero-order chi connectivity index (χ0) is 9.54. The monoisotopic (exact) mass is 192 g/mol. The van der Waals surface area contributed by atoms with Crippen LogP contribution in [0.25, 0.3) is 0 Å². The van der Waals surface area contributed by atoms with Crippen molar-refractivity contribution < 1.29 is 5.11 Å². The third kappa shape index (κ3) is 1.22. The summed E-state index contributed by atoms with van der Waals surface area (Å²) in [6.07, 6.45) is 8.37. The van der Waals surface area contributed by atoms with E-state index in [4.69, 9.17) is 0 Å². The predicted molar refractivity (Wildman–Crippen MR) is 53.4 cm³/mol. The standard InChI is InChI=1S/C11H16N2O/c14-11-9-4-2-1-3-5-10(9)13(12-11)8-6-7-8/h8H,1-7H2,(H,12,14). The minimum Gasteiger partial charge on any atom is -0.492 e. The Morgan fingerprint density at radius 2 is 1.93 bits per heavy atom. The van der Waals surface area contributed by atoms with Crippen LogP contribution < -0.4 is 0 Å². The molecule has 0 unspecified atom stereocenters. The van der Waals surface area contributed by atoms with Crippen molar-refractivity contribution >= 4 is 0 Å². The summed E-state index contributed by atoms with van der Waals surface area (Å²) in [6.45, 7) is 0. The maximum atomic E-state index is 9.75. The molecule has 0 atom stereocenters. The highest BCUT2D eigenvalue weighted by molar-refractivity contribution is 5.32. The van der Waals surface area contributed by atoms with E-state index in [1.54, 1.807) is 0 Å². The summed E-state index contributed by atoms with van der Waals surface area (Å²) in [5, 5.41) is 14.0. The van der Waals surface area contributed by atoms with Crippen LogP contribution in [0.2, 0.25) is 0 Å². The number of rotatable bonds is 1. The van der Waals surface area contributed by atoms with Gasteiger partial charge >= 0.3 is 0 Å². The molecule has 1 heterocycles. The second-order valence-corrected chi connectivity index (χ2v) is 4.49. The molecule has 1 aromatic rings. The van der Waals surface area contributed by atoms with Crippen molar-refractivity contribution in [3.63, 3.8) is 0 Å².